The molecule has 3 atom stereocenters. The van der Waals surface area contributed by atoms with E-state index in [1.165, 1.54) is 142 Å². The molecule has 4 aliphatic rings. The van der Waals surface area contributed by atoms with Crippen LogP contribution in [0.5, 0.6) is 0 Å². The Morgan fingerprint density at radius 1 is 0.441 bits per heavy atom. The molecule has 0 heterocycles. The first-order valence-corrected chi connectivity index (χ1v) is 22.5. The summed E-state index contributed by atoms with van der Waals surface area (Å²) in [6.45, 7) is 4.85. The highest BCUT2D eigenvalue weighted by atomic mass is 15.1. The van der Waals surface area contributed by atoms with Gasteiger partial charge in [-0.2, -0.15) is 0 Å². The highest BCUT2D eigenvalue weighted by molar-refractivity contribution is 5.97. The Hall–Kier alpha value is -5.66. The fourth-order valence-corrected chi connectivity index (χ4v) is 11.8. The molecule has 0 saturated heterocycles. The van der Waals surface area contributed by atoms with Crippen LogP contribution in [0.4, 0.5) is 17.1 Å². The van der Waals surface area contributed by atoms with E-state index in [4.69, 9.17) is 0 Å². The molecule has 0 spiro atoms. The van der Waals surface area contributed by atoms with Crippen molar-refractivity contribution in [3.05, 3.63) is 186 Å². The van der Waals surface area contributed by atoms with Gasteiger partial charge >= 0.3 is 0 Å². The summed E-state index contributed by atoms with van der Waals surface area (Å²) in [5, 5.41) is 0. The number of hydrogen-bond donors (Lipinski definition) is 0. The zero-order valence-electron chi connectivity index (χ0n) is 34.7. The van der Waals surface area contributed by atoms with Gasteiger partial charge < -0.3 is 4.90 Å². The Bertz CT molecular complexity index is 2610. The second-order valence-electron chi connectivity index (χ2n) is 18.7. The van der Waals surface area contributed by atoms with Gasteiger partial charge in [-0.1, -0.05) is 161 Å². The van der Waals surface area contributed by atoms with Gasteiger partial charge in [-0.15, -0.1) is 0 Å². The lowest BCUT2D eigenvalue weighted by Crippen LogP contribution is -2.17. The Kier molecular flexibility index (Phi) is 9.18. The average Bonchev–Trinajstić information content (AvgIpc) is 4.00. The predicted octanol–water partition coefficient (Wildman–Crippen LogP) is 16.4. The lowest BCUT2D eigenvalue weighted by Gasteiger charge is -2.30. The van der Waals surface area contributed by atoms with Gasteiger partial charge in [0.2, 0.25) is 0 Å². The van der Waals surface area contributed by atoms with E-state index in [1.807, 2.05) is 0 Å². The van der Waals surface area contributed by atoms with Crippen LogP contribution in [0.3, 0.4) is 0 Å². The molecule has 3 unspecified atom stereocenters. The van der Waals surface area contributed by atoms with Gasteiger partial charge in [-0.3, -0.25) is 0 Å². The fraction of sp³-hybridized carbons (Fsp3) is 0.276. The molecule has 7 aromatic rings. The van der Waals surface area contributed by atoms with Gasteiger partial charge in [0, 0.05) is 22.5 Å². The van der Waals surface area contributed by atoms with Crippen molar-refractivity contribution in [3.63, 3.8) is 0 Å². The average molecular weight is 766 g/mol. The quantitative estimate of drug-likeness (QED) is 0.149. The Morgan fingerprint density at radius 3 is 1.78 bits per heavy atom. The van der Waals surface area contributed by atoms with Crippen molar-refractivity contribution in [2.75, 3.05) is 4.90 Å². The SMILES string of the molecule is CC1(C)c2cc(-c3ccccc3)ccc2-c2c(-c3ccccc3)cc(N(c3ccc(-c4cccc(C5CCCCC5)c4)cc3)c3ccc(C4CC5CCC4C5)cc3)cc21. The van der Waals surface area contributed by atoms with E-state index < -0.39 is 0 Å². The number of anilines is 3. The summed E-state index contributed by atoms with van der Waals surface area (Å²) in [5.74, 6) is 3.20. The van der Waals surface area contributed by atoms with Crippen molar-refractivity contribution in [2.24, 2.45) is 11.8 Å². The molecular formula is C58H55N. The van der Waals surface area contributed by atoms with Crippen molar-refractivity contribution in [1.29, 1.82) is 0 Å². The van der Waals surface area contributed by atoms with Crippen molar-refractivity contribution >= 4 is 17.1 Å². The Morgan fingerprint density at radius 2 is 1.08 bits per heavy atom. The van der Waals surface area contributed by atoms with E-state index in [2.05, 4.69) is 183 Å². The van der Waals surface area contributed by atoms with E-state index in [0.717, 1.165) is 11.8 Å². The molecular weight excluding hydrogens is 711 g/mol. The molecule has 0 aliphatic heterocycles. The lowest BCUT2D eigenvalue weighted by molar-refractivity contribution is 0.420. The van der Waals surface area contributed by atoms with Crippen LogP contribution in [0.1, 0.15) is 106 Å². The summed E-state index contributed by atoms with van der Waals surface area (Å²) in [4.78, 5) is 2.52. The van der Waals surface area contributed by atoms with Gasteiger partial charge in [0.25, 0.3) is 0 Å². The summed E-state index contributed by atoms with van der Waals surface area (Å²) in [7, 11) is 0. The summed E-state index contributed by atoms with van der Waals surface area (Å²) in [5.41, 5.74) is 19.6. The standard InChI is InChI=1S/C58H55N/c1-58(2)55-36-47(41-15-8-4-9-16-41)27-32-52(55)57-54(43-17-10-5-11-18-43)37-51(38-56(57)58)59(50-30-25-44(26-31-50)53-34-39-21-22-48(53)33-39)49-28-23-42(24-29-49)46-20-12-19-45(35-46)40-13-6-3-7-14-40/h4-5,8-12,15-20,23-32,35-40,48,53H,3,6-7,13-14,21-22,33-34H2,1-2H3. The fourth-order valence-electron chi connectivity index (χ4n) is 11.8. The molecule has 0 radical (unpaired) electrons. The first kappa shape index (κ1) is 36.4. The molecule has 59 heavy (non-hydrogen) atoms. The highest BCUT2D eigenvalue weighted by Crippen LogP contribution is 2.56. The monoisotopic (exact) mass is 765 g/mol. The minimum absolute atomic E-state index is 0.195. The maximum absolute atomic E-state index is 2.52. The third-order valence-electron chi connectivity index (χ3n) is 14.9. The first-order valence-electron chi connectivity index (χ1n) is 22.5. The van der Waals surface area contributed by atoms with Crippen LogP contribution in [0, 0.1) is 11.8 Å². The zero-order valence-corrected chi connectivity index (χ0v) is 34.7. The molecule has 7 aromatic carbocycles. The number of fused-ring (bicyclic) bond motifs is 5. The normalized spacial score (nSPS) is 20.3. The largest absolute Gasteiger partial charge is 0.310 e. The van der Waals surface area contributed by atoms with E-state index in [0.29, 0.717) is 11.8 Å². The third-order valence-corrected chi connectivity index (χ3v) is 14.9. The van der Waals surface area contributed by atoms with Crippen molar-refractivity contribution in [2.45, 2.75) is 88.9 Å². The number of nitrogens with zero attached hydrogens (tertiary/aromatic N) is 1. The smallest absolute Gasteiger partial charge is 0.0471 e. The topological polar surface area (TPSA) is 3.24 Å². The number of benzene rings is 7. The van der Waals surface area contributed by atoms with Crippen LogP contribution in [0.25, 0.3) is 44.5 Å². The molecule has 4 aliphatic carbocycles. The molecule has 11 rings (SSSR count). The van der Waals surface area contributed by atoms with Crippen LogP contribution in [0.2, 0.25) is 0 Å². The second kappa shape index (κ2) is 14.9. The molecule has 292 valence electrons. The molecule has 0 N–H and O–H groups in total. The summed E-state index contributed by atoms with van der Waals surface area (Å²) in [6, 6.07) is 62.6. The van der Waals surface area contributed by atoms with Gasteiger partial charge in [-0.25, -0.2) is 0 Å². The van der Waals surface area contributed by atoms with E-state index in [1.54, 1.807) is 0 Å². The molecule has 0 amide bonds. The number of rotatable bonds is 8. The second-order valence-corrected chi connectivity index (χ2v) is 18.7. The van der Waals surface area contributed by atoms with Crippen LogP contribution in [-0.2, 0) is 5.41 Å². The van der Waals surface area contributed by atoms with Gasteiger partial charge in [0.05, 0.1) is 0 Å². The molecule has 3 saturated carbocycles. The lowest BCUT2D eigenvalue weighted by atomic mass is 9.80. The van der Waals surface area contributed by atoms with Crippen LogP contribution >= 0.6 is 0 Å². The third kappa shape index (κ3) is 6.55. The van der Waals surface area contributed by atoms with Crippen molar-refractivity contribution in [3.8, 4) is 44.5 Å². The van der Waals surface area contributed by atoms with Crippen molar-refractivity contribution in [1.82, 2.24) is 0 Å². The minimum atomic E-state index is -0.195. The minimum Gasteiger partial charge on any atom is -0.310 e. The summed E-state index contributed by atoms with van der Waals surface area (Å²) in [6.07, 6.45) is 12.4. The number of hydrogen-bond acceptors (Lipinski definition) is 1. The Labute approximate surface area is 351 Å². The van der Waals surface area contributed by atoms with E-state index in [9.17, 15) is 0 Å². The van der Waals surface area contributed by atoms with E-state index in [-0.39, 0.29) is 5.41 Å². The highest BCUT2D eigenvalue weighted by Gasteiger charge is 2.41. The van der Waals surface area contributed by atoms with Crippen LogP contribution < -0.4 is 4.90 Å². The predicted molar refractivity (Wildman–Crippen MR) is 249 cm³/mol. The molecule has 1 heteroatoms. The summed E-state index contributed by atoms with van der Waals surface area (Å²) >= 11 is 0. The van der Waals surface area contributed by atoms with Gasteiger partial charge in [-0.05, 0) is 165 Å². The van der Waals surface area contributed by atoms with Gasteiger partial charge in [0.1, 0.15) is 0 Å². The van der Waals surface area contributed by atoms with Gasteiger partial charge in [0.15, 0.2) is 0 Å². The molecule has 2 bridgehead atoms. The maximum Gasteiger partial charge on any atom is 0.0471 e. The van der Waals surface area contributed by atoms with Crippen LogP contribution in [-0.4, -0.2) is 0 Å². The van der Waals surface area contributed by atoms with Crippen molar-refractivity contribution < 1.29 is 0 Å². The van der Waals surface area contributed by atoms with E-state index >= 15 is 0 Å². The summed E-state index contributed by atoms with van der Waals surface area (Å²) < 4.78 is 0. The zero-order chi connectivity index (χ0) is 39.5. The van der Waals surface area contributed by atoms with Crippen LogP contribution in [0.15, 0.2) is 164 Å². The maximum atomic E-state index is 2.52. The molecule has 0 aromatic heterocycles. The molecule has 3 fully saturated rings. The molecule has 1 nitrogen and oxygen atoms in total. The first-order chi connectivity index (χ1) is 29.0. The Balaban J connectivity index is 1.04.